The Morgan fingerprint density at radius 2 is 2.00 bits per heavy atom. The van der Waals surface area contributed by atoms with Gasteiger partial charge in [-0.3, -0.25) is 4.79 Å². The molecule has 1 aliphatic rings. The molecule has 2 aromatic carbocycles. The summed E-state index contributed by atoms with van der Waals surface area (Å²) in [7, 11) is 0. The Morgan fingerprint density at radius 3 is 2.85 bits per heavy atom. The van der Waals surface area contributed by atoms with Crippen LogP contribution in [0.2, 0.25) is 0 Å². The third kappa shape index (κ3) is 3.55. The van der Waals surface area contributed by atoms with Crippen molar-refractivity contribution in [2.24, 2.45) is 0 Å². The molecule has 1 fully saturated rings. The Morgan fingerprint density at radius 1 is 1.12 bits per heavy atom. The number of amides is 1. The van der Waals surface area contributed by atoms with Crippen molar-refractivity contribution in [2.75, 3.05) is 13.1 Å². The maximum absolute atomic E-state index is 12.5. The summed E-state index contributed by atoms with van der Waals surface area (Å²) in [5.74, 6) is 0.391. The van der Waals surface area contributed by atoms with Crippen LogP contribution in [0, 0.1) is 0 Å². The summed E-state index contributed by atoms with van der Waals surface area (Å²) in [4.78, 5) is 29.3. The quantitative estimate of drug-likeness (QED) is 0.582. The molecule has 1 saturated heterocycles. The number of hydrogen-bond acceptors (Lipinski definition) is 3. The molecule has 4 rings (SSSR count). The first-order valence-electron chi connectivity index (χ1n) is 8.99. The van der Waals surface area contributed by atoms with Gasteiger partial charge in [0.2, 0.25) is 0 Å². The lowest BCUT2D eigenvalue weighted by molar-refractivity contribution is 0.0951. The van der Waals surface area contributed by atoms with Crippen molar-refractivity contribution in [2.45, 2.75) is 25.3 Å². The number of aromatic nitrogens is 2. The fourth-order valence-corrected chi connectivity index (χ4v) is 3.54. The number of rotatable bonds is 4. The van der Waals surface area contributed by atoms with Crippen LogP contribution in [0.4, 0.5) is 0 Å². The van der Waals surface area contributed by atoms with Crippen LogP contribution in [0.15, 0.2) is 47.3 Å². The minimum Gasteiger partial charge on any atom is -0.348 e. The molecule has 1 aliphatic heterocycles. The summed E-state index contributed by atoms with van der Waals surface area (Å²) < 4.78 is 0. The topological polar surface area (TPSA) is 89.8 Å². The molecule has 0 saturated carbocycles. The van der Waals surface area contributed by atoms with Gasteiger partial charge in [-0.2, -0.15) is 0 Å². The maximum atomic E-state index is 12.5. The Balaban J connectivity index is 1.44. The highest BCUT2D eigenvalue weighted by molar-refractivity contribution is 5.94. The number of piperidine rings is 1. The number of fused-ring (bicyclic) bond motifs is 1. The second kappa shape index (κ2) is 7.17. The minimum atomic E-state index is -0.227. The molecule has 1 aromatic heterocycles. The van der Waals surface area contributed by atoms with Gasteiger partial charge in [0.15, 0.2) is 0 Å². The second-order valence-corrected chi connectivity index (χ2v) is 6.81. The number of carbonyl (C=O) groups is 1. The molecule has 0 unspecified atom stereocenters. The van der Waals surface area contributed by atoms with Crippen LogP contribution in [-0.2, 0) is 6.54 Å². The summed E-state index contributed by atoms with van der Waals surface area (Å²) in [6, 6.07) is 13.5. The first-order valence-corrected chi connectivity index (χ1v) is 8.99. The average Bonchev–Trinajstić information content (AvgIpc) is 3.06. The van der Waals surface area contributed by atoms with E-state index in [9.17, 15) is 9.59 Å². The Hall–Kier alpha value is -2.86. The molecule has 26 heavy (non-hydrogen) atoms. The molecule has 0 aliphatic carbocycles. The second-order valence-electron chi connectivity index (χ2n) is 6.81. The van der Waals surface area contributed by atoms with Gasteiger partial charge in [-0.25, -0.2) is 4.79 Å². The maximum Gasteiger partial charge on any atom is 0.323 e. The molecule has 1 amide bonds. The van der Waals surface area contributed by atoms with Crippen molar-refractivity contribution in [3.05, 3.63) is 69.6 Å². The summed E-state index contributed by atoms with van der Waals surface area (Å²) in [6.07, 6.45) is 2.33. The van der Waals surface area contributed by atoms with Gasteiger partial charge in [0, 0.05) is 18.7 Å². The molecule has 3 aromatic rings. The van der Waals surface area contributed by atoms with Gasteiger partial charge in [0.05, 0.1) is 11.0 Å². The molecule has 6 nitrogen and oxygen atoms in total. The third-order valence-electron chi connectivity index (χ3n) is 4.95. The van der Waals surface area contributed by atoms with Crippen molar-refractivity contribution in [3.8, 4) is 0 Å². The molecule has 0 spiro atoms. The highest BCUT2D eigenvalue weighted by Crippen LogP contribution is 2.23. The summed E-state index contributed by atoms with van der Waals surface area (Å²) in [5.41, 5.74) is 4.12. The lowest BCUT2D eigenvalue weighted by atomic mass is 9.90. The zero-order valence-electron chi connectivity index (χ0n) is 14.5. The largest absolute Gasteiger partial charge is 0.348 e. The fraction of sp³-hybridized carbons (Fsp3) is 0.300. The van der Waals surface area contributed by atoms with E-state index in [4.69, 9.17) is 0 Å². The van der Waals surface area contributed by atoms with Crippen LogP contribution in [0.3, 0.4) is 0 Å². The zero-order chi connectivity index (χ0) is 17.9. The lowest BCUT2D eigenvalue weighted by Gasteiger charge is -2.23. The predicted molar refractivity (Wildman–Crippen MR) is 101 cm³/mol. The molecule has 6 heteroatoms. The van der Waals surface area contributed by atoms with Crippen LogP contribution in [0.25, 0.3) is 11.0 Å². The van der Waals surface area contributed by atoms with E-state index in [1.807, 2.05) is 36.4 Å². The van der Waals surface area contributed by atoms with Crippen LogP contribution >= 0.6 is 0 Å². The monoisotopic (exact) mass is 350 g/mol. The lowest BCUT2D eigenvalue weighted by Crippen LogP contribution is -2.28. The van der Waals surface area contributed by atoms with Crippen molar-refractivity contribution in [1.82, 2.24) is 20.6 Å². The van der Waals surface area contributed by atoms with E-state index in [-0.39, 0.29) is 11.6 Å². The summed E-state index contributed by atoms with van der Waals surface area (Å²) in [5, 5.41) is 6.38. The first kappa shape index (κ1) is 16.6. The third-order valence-corrected chi connectivity index (χ3v) is 4.95. The molecular weight excluding hydrogens is 328 g/mol. The van der Waals surface area contributed by atoms with E-state index in [0.29, 0.717) is 18.0 Å². The average molecular weight is 350 g/mol. The number of hydrogen-bond donors (Lipinski definition) is 4. The standard InChI is InChI=1S/C20H22N4O2/c25-19(15-4-1-3-14(10-15)16-5-2-8-21-12-16)22-11-13-6-7-17-18(9-13)24-20(26)23-17/h1,3-4,6-7,9-10,16,21H,2,5,8,11-12H2,(H,22,25)(H2,23,24,26)/t16-/m1/s1. The van der Waals surface area contributed by atoms with Gasteiger partial charge < -0.3 is 20.6 Å². The van der Waals surface area contributed by atoms with Gasteiger partial charge in [-0.05, 0) is 60.7 Å². The number of benzene rings is 2. The normalized spacial score (nSPS) is 17.3. The fourth-order valence-electron chi connectivity index (χ4n) is 3.54. The molecular formula is C20H22N4O2. The zero-order valence-corrected chi connectivity index (χ0v) is 14.5. The molecule has 0 radical (unpaired) electrons. The molecule has 0 bridgehead atoms. The van der Waals surface area contributed by atoms with Gasteiger partial charge in [0.25, 0.3) is 5.91 Å². The highest BCUT2D eigenvalue weighted by atomic mass is 16.1. The molecule has 4 N–H and O–H groups in total. The molecule has 2 heterocycles. The van der Waals surface area contributed by atoms with Gasteiger partial charge in [0.1, 0.15) is 0 Å². The van der Waals surface area contributed by atoms with E-state index >= 15 is 0 Å². The number of nitrogens with one attached hydrogen (secondary N) is 4. The predicted octanol–water partition coefficient (Wildman–Crippen LogP) is 2.25. The van der Waals surface area contributed by atoms with Gasteiger partial charge >= 0.3 is 5.69 Å². The van der Waals surface area contributed by atoms with Crippen LogP contribution < -0.4 is 16.3 Å². The molecule has 1 atom stereocenters. The minimum absolute atomic E-state index is 0.0849. The number of imidazole rings is 1. The Bertz CT molecular complexity index is 983. The van der Waals surface area contributed by atoms with Crippen molar-refractivity contribution < 1.29 is 4.79 Å². The van der Waals surface area contributed by atoms with E-state index in [1.54, 1.807) is 0 Å². The van der Waals surface area contributed by atoms with Gasteiger partial charge in [-0.15, -0.1) is 0 Å². The van der Waals surface area contributed by atoms with E-state index < -0.39 is 0 Å². The van der Waals surface area contributed by atoms with E-state index in [2.05, 4.69) is 26.7 Å². The Labute approximate surface area is 151 Å². The number of aromatic amines is 2. The number of carbonyl (C=O) groups excluding carboxylic acids is 1. The van der Waals surface area contributed by atoms with Crippen molar-refractivity contribution in [1.29, 1.82) is 0 Å². The molecule has 134 valence electrons. The van der Waals surface area contributed by atoms with Crippen LogP contribution in [0.5, 0.6) is 0 Å². The van der Waals surface area contributed by atoms with Crippen molar-refractivity contribution in [3.63, 3.8) is 0 Å². The highest BCUT2D eigenvalue weighted by Gasteiger charge is 2.16. The van der Waals surface area contributed by atoms with E-state index in [1.165, 1.54) is 12.0 Å². The smallest absolute Gasteiger partial charge is 0.323 e. The number of H-pyrrole nitrogens is 2. The van der Waals surface area contributed by atoms with Crippen molar-refractivity contribution >= 4 is 16.9 Å². The first-order chi connectivity index (χ1) is 12.7. The van der Waals surface area contributed by atoms with Crippen LogP contribution in [-0.4, -0.2) is 29.0 Å². The van der Waals surface area contributed by atoms with Crippen LogP contribution in [0.1, 0.15) is 40.2 Å². The van der Waals surface area contributed by atoms with Gasteiger partial charge in [-0.1, -0.05) is 18.2 Å². The SMILES string of the molecule is O=C(NCc1ccc2[nH]c(=O)[nH]c2c1)c1cccc([C@@H]2CCCNC2)c1. The Kier molecular flexibility index (Phi) is 4.58. The summed E-state index contributed by atoms with van der Waals surface area (Å²) >= 11 is 0. The van der Waals surface area contributed by atoms with E-state index in [0.717, 1.165) is 36.1 Å². The summed E-state index contributed by atoms with van der Waals surface area (Å²) in [6.45, 7) is 2.46.